The Morgan fingerprint density at radius 3 is 2.35 bits per heavy atom. The van der Waals surface area contributed by atoms with Gasteiger partial charge < -0.3 is 9.69 Å². The first-order chi connectivity index (χ1) is 7.87. The van der Waals surface area contributed by atoms with E-state index in [4.69, 9.17) is 0 Å². The number of aldehydes is 1. The third kappa shape index (κ3) is 5.85. The highest BCUT2D eigenvalue weighted by Crippen LogP contribution is 2.18. The molecule has 0 heterocycles. The van der Waals surface area contributed by atoms with Crippen molar-refractivity contribution in [1.82, 2.24) is 4.90 Å². The first-order valence-electron chi connectivity index (χ1n) is 6.59. The molecule has 0 spiro atoms. The normalized spacial score (nSPS) is 13.2. The van der Waals surface area contributed by atoms with Crippen LogP contribution in [0, 0.1) is 11.3 Å². The molecule has 0 rings (SSSR count). The molecule has 0 N–H and O–H groups in total. The molecule has 0 aliphatic heterocycles. The van der Waals surface area contributed by atoms with E-state index in [0.717, 1.165) is 32.0 Å². The van der Waals surface area contributed by atoms with Crippen LogP contribution in [0.5, 0.6) is 0 Å². The lowest BCUT2D eigenvalue weighted by molar-refractivity contribution is -0.136. The van der Waals surface area contributed by atoms with Gasteiger partial charge in [-0.2, -0.15) is 0 Å². The van der Waals surface area contributed by atoms with E-state index in [-0.39, 0.29) is 11.8 Å². The molecule has 0 aromatic heterocycles. The maximum Gasteiger partial charge on any atom is 0.225 e. The fourth-order valence-electron chi connectivity index (χ4n) is 1.99. The predicted octanol–water partition coefficient (Wildman–Crippen LogP) is 2.89. The van der Waals surface area contributed by atoms with Crippen LogP contribution >= 0.6 is 0 Å². The SMILES string of the molecule is CCCCC(CC)C(=O)N(C)CC(C)(C)C=O. The summed E-state index contributed by atoms with van der Waals surface area (Å²) >= 11 is 0. The zero-order chi connectivity index (χ0) is 13.5. The molecule has 1 amide bonds. The van der Waals surface area contributed by atoms with Gasteiger partial charge in [0.05, 0.1) is 0 Å². The standard InChI is InChI=1S/C14H27NO2/c1-6-8-9-12(7-2)13(17)15(5)10-14(3,4)11-16/h11-12H,6-10H2,1-5H3. The largest absolute Gasteiger partial charge is 0.345 e. The maximum absolute atomic E-state index is 12.2. The summed E-state index contributed by atoms with van der Waals surface area (Å²) in [6, 6.07) is 0. The van der Waals surface area contributed by atoms with E-state index in [1.807, 2.05) is 13.8 Å². The minimum atomic E-state index is -0.451. The van der Waals surface area contributed by atoms with Gasteiger partial charge in [-0.3, -0.25) is 4.79 Å². The summed E-state index contributed by atoms with van der Waals surface area (Å²) in [5, 5.41) is 0. The van der Waals surface area contributed by atoms with Crippen LogP contribution < -0.4 is 0 Å². The Bertz CT molecular complexity index is 249. The first kappa shape index (κ1) is 16.1. The third-order valence-corrected chi connectivity index (χ3v) is 3.09. The van der Waals surface area contributed by atoms with Crippen LogP contribution in [-0.2, 0) is 9.59 Å². The van der Waals surface area contributed by atoms with Gasteiger partial charge in [-0.05, 0) is 12.8 Å². The summed E-state index contributed by atoms with van der Waals surface area (Å²) in [7, 11) is 1.79. The van der Waals surface area contributed by atoms with E-state index in [1.165, 1.54) is 0 Å². The molecule has 0 bridgehead atoms. The van der Waals surface area contributed by atoms with E-state index in [1.54, 1.807) is 11.9 Å². The summed E-state index contributed by atoms with van der Waals surface area (Å²) in [5.74, 6) is 0.290. The average molecular weight is 241 g/mol. The van der Waals surface area contributed by atoms with Crippen LogP contribution in [0.1, 0.15) is 53.4 Å². The fourth-order valence-corrected chi connectivity index (χ4v) is 1.99. The number of nitrogens with zero attached hydrogens (tertiary/aromatic N) is 1. The lowest BCUT2D eigenvalue weighted by atomic mass is 9.93. The third-order valence-electron chi connectivity index (χ3n) is 3.09. The van der Waals surface area contributed by atoms with Gasteiger partial charge in [-0.25, -0.2) is 0 Å². The molecule has 0 radical (unpaired) electrons. The summed E-state index contributed by atoms with van der Waals surface area (Å²) in [4.78, 5) is 24.7. The van der Waals surface area contributed by atoms with Crippen LogP contribution in [-0.4, -0.2) is 30.7 Å². The smallest absolute Gasteiger partial charge is 0.225 e. The second-order valence-electron chi connectivity index (χ2n) is 5.55. The zero-order valence-electron chi connectivity index (χ0n) is 12.0. The maximum atomic E-state index is 12.2. The molecule has 0 aliphatic rings. The average Bonchev–Trinajstić information content (AvgIpc) is 2.29. The van der Waals surface area contributed by atoms with Crippen molar-refractivity contribution in [2.75, 3.05) is 13.6 Å². The van der Waals surface area contributed by atoms with Gasteiger partial charge in [0, 0.05) is 24.9 Å². The van der Waals surface area contributed by atoms with E-state index in [0.29, 0.717) is 6.54 Å². The van der Waals surface area contributed by atoms with Crippen molar-refractivity contribution in [3.63, 3.8) is 0 Å². The van der Waals surface area contributed by atoms with Crippen LogP contribution in [0.4, 0.5) is 0 Å². The molecule has 100 valence electrons. The Kier molecular flexibility index (Phi) is 7.09. The second-order valence-corrected chi connectivity index (χ2v) is 5.55. The van der Waals surface area contributed by atoms with E-state index in [2.05, 4.69) is 13.8 Å². The van der Waals surface area contributed by atoms with E-state index in [9.17, 15) is 9.59 Å². The van der Waals surface area contributed by atoms with Crippen molar-refractivity contribution in [3.8, 4) is 0 Å². The van der Waals surface area contributed by atoms with Crippen molar-refractivity contribution < 1.29 is 9.59 Å². The summed E-state index contributed by atoms with van der Waals surface area (Å²) in [6.07, 6.45) is 4.97. The molecular formula is C14H27NO2. The molecule has 0 aromatic rings. The Labute approximate surface area is 106 Å². The molecule has 17 heavy (non-hydrogen) atoms. The van der Waals surface area contributed by atoms with Crippen molar-refractivity contribution in [3.05, 3.63) is 0 Å². The van der Waals surface area contributed by atoms with Crippen molar-refractivity contribution >= 4 is 12.2 Å². The lowest BCUT2D eigenvalue weighted by Gasteiger charge is -2.28. The molecule has 3 heteroatoms. The van der Waals surface area contributed by atoms with Gasteiger partial charge in [-0.1, -0.05) is 40.5 Å². The van der Waals surface area contributed by atoms with Gasteiger partial charge in [0.15, 0.2) is 0 Å². The number of rotatable bonds is 8. The number of carbonyl (C=O) groups excluding carboxylic acids is 2. The number of amides is 1. The first-order valence-corrected chi connectivity index (χ1v) is 6.59. The molecule has 0 fully saturated rings. The molecule has 0 saturated carbocycles. The molecule has 1 atom stereocenters. The molecule has 0 aliphatic carbocycles. The van der Waals surface area contributed by atoms with Gasteiger partial charge >= 0.3 is 0 Å². The molecule has 1 unspecified atom stereocenters. The van der Waals surface area contributed by atoms with Crippen LogP contribution in [0.15, 0.2) is 0 Å². The van der Waals surface area contributed by atoms with Crippen LogP contribution in [0.2, 0.25) is 0 Å². The molecule has 0 aromatic carbocycles. The van der Waals surface area contributed by atoms with Gasteiger partial charge in [0.2, 0.25) is 5.91 Å². The van der Waals surface area contributed by atoms with Crippen LogP contribution in [0.3, 0.4) is 0 Å². The van der Waals surface area contributed by atoms with Gasteiger partial charge in [-0.15, -0.1) is 0 Å². The van der Waals surface area contributed by atoms with Gasteiger partial charge in [0.25, 0.3) is 0 Å². The molecule has 3 nitrogen and oxygen atoms in total. The Hall–Kier alpha value is -0.860. The second kappa shape index (κ2) is 7.46. The minimum absolute atomic E-state index is 0.113. The highest BCUT2D eigenvalue weighted by Gasteiger charge is 2.25. The van der Waals surface area contributed by atoms with Crippen molar-refractivity contribution in [1.29, 1.82) is 0 Å². The number of carbonyl (C=O) groups is 2. The predicted molar refractivity (Wildman–Crippen MR) is 70.8 cm³/mol. The number of hydrogen-bond acceptors (Lipinski definition) is 2. The summed E-state index contributed by atoms with van der Waals surface area (Å²) < 4.78 is 0. The number of hydrogen-bond donors (Lipinski definition) is 0. The van der Waals surface area contributed by atoms with Crippen molar-refractivity contribution in [2.24, 2.45) is 11.3 Å². The highest BCUT2D eigenvalue weighted by molar-refractivity contribution is 5.79. The Balaban J connectivity index is 4.40. The van der Waals surface area contributed by atoms with E-state index >= 15 is 0 Å². The monoisotopic (exact) mass is 241 g/mol. The summed E-state index contributed by atoms with van der Waals surface area (Å²) in [5.41, 5.74) is -0.451. The quantitative estimate of drug-likeness (QED) is 0.613. The molecular weight excluding hydrogens is 214 g/mol. The Morgan fingerprint density at radius 2 is 1.94 bits per heavy atom. The topological polar surface area (TPSA) is 37.4 Å². The van der Waals surface area contributed by atoms with Crippen LogP contribution in [0.25, 0.3) is 0 Å². The number of unbranched alkanes of at least 4 members (excludes halogenated alkanes) is 1. The lowest BCUT2D eigenvalue weighted by Crippen LogP contribution is -2.39. The van der Waals surface area contributed by atoms with Gasteiger partial charge in [0.1, 0.15) is 6.29 Å². The zero-order valence-corrected chi connectivity index (χ0v) is 12.0. The highest BCUT2D eigenvalue weighted by atomic mass is 16.2. The minimum Gasteiger partial charge on any atom is -0.345 e. The molecule has 0 saturated heterocycles. The van der Waals surface area contributed by atoms with Crippen molar-refractivity contribution in [2.45, 2.75) is 53.4 Å². The Morgan fingerprint density at radius 1 is 1.35 bits per heavy atom. The fraction of sp³-hybridized carbons (Fsp3) is 0.857. The summed E-state index contributed by atoms with van der Waals surface area (Å²) in [6.45, 7) is 8.40. The van der Waals surface area contributed by atoms with E-state index < -0.39 is 5.41 Å².